The molecule has 5 heteroatoms. The van der Waals surface area contributed by atoms with Crippen molar-refractivity contribution in [2.75, 3.05) is 20.3 Å². The van der Waals surface area contributed by atoms with E-state index in [9.17, 15) is 5.11 Å². The fraction of sp³-hybridized carbons (Fsp3) is 0.227. The van der Waals surface area contributed by atoms with Gasteiger partial charge in [-0.2, -0.15) is 0 Å². The Balaban J connectivity index is 1.61. The fourth-order valence-electron chi connectivity index (χ4n) is 3.42. The zero-order valence-electron chi connectivity index (χ0n) is 15.3. The largest absolute Gasteiger partial charge is 0.504 e. The van der Waals surface area contributed by atoms with E-state index in [1.165, 1.54) is 5.56 Å². The monoisotopic (exact) mass is 362 g/mol. The number of aromatic nitrogens is 1. The van der Waals surface area contributed by atoms with E-state index in [0.717, 1.165) is 35.5 Å². The summed E-state index contributed by atoms with van der Waals surface area (Å²) in [5, 5.41) is 10.5. The zero-order valence-corrected chi connectivity index (χ0v) is 15.3. The smallest absolute Gasteiger partial charge is 0.165 e. The second kappa shape index (κ2) is 7.68. The summed E-state index contributed by atoms with van der Waals surface area (Å²) >= 11 is 0. The van der Waals surface area contributed by atoms with Crippen molar-refractivity contribution in [2.45, 2.75) is 13.1 Å². The van der Waals surface area contributed by atoms with Gasteiger partial charge in [-0.25, -0.2) is 0 Å². The molecule has 1 aliphatic rings. The Hall–Kier alpha value is -3.05. The Morgan fingerprint density at radius 2 is 2.07 bits per heavy atom. The van der Waals surface area contributed by atoms with E-state index in [0.29, 0.717) is 18.9 Å². The first kappa shape index (κ1) is 17.4. The second-order valence-corrected chi connectivity index (χ2v) is 6.64. The molecular formula is C22H22N2O3. The average Bonchev–Trinajstić information content (AvgIpc) is 2.91. The number of phenolic OH excluding ortho intramolecular Hbond substituents is 1. The van der Waals surface area contributed by atoms with E-state index in [-0.39, 0.29) is 5.75 Å². The van der Waals surface area contributed by atoms with Crippen LogP contribution in [0.2, 0.25) is 0 Å². The number of phenols is 1. The number of pyridine rings is 1. The molecule has 1 aliphatic heterocycles. The number of benzene rings is 2. The highest BCUT2D eigenvalue weighted by Crippen LogP contribution is 2.37. The summed E-state index contributed by atoms with van der Waals surface area (Å²) in [7, 11) is 1.68. The van der Waals surface area contributed by atoms with Gasteiger partial charge in [0.15, 0.2) is 11.5 Å². The first-order valence-corrected chi connectivity index (χ1v) is 8.97. The first-order chi connectivity index (χ1) is 13.2. The van der Waals surface area contributed by atoms with E-state index in [1.807, 2.05) is 24.3 Å². The van der Waals surface area contributed by atoms with Crippen LogP contribution < -0.4 is 9.47 Å². The fourth-order valence-corrected chi connectivity index (χ4v) is 3.42. The van der Waals surface area contributed by atoms with Gasteiger partial charge in [-0.05, 0) is 41.5 Å². The summed E-state index contributed by atoms with van der Waals surface area (Å²) in [6.45, 7) is 2.82. The van der Waals surface area contributed by atoms with E-state index in [2.05, 4.69) is 28.1 Å². The molecule has 0 atom stereocenters. The Labute approximate surface area is 158 Å². The van der Waals surface area contributed by atoms with Gasteiger partial charge in [-0.15, -0.1) is 0 Å². The van der Waals surface area contributed by atoms with Crippen LogP contribution in [0.25, 0.3) is 11.1 Å². The molecular weight excluding hydrogens is 340 g/mol. The van der Waals surface area contributed by atoms with Crippen molar-refractivity contribution in [3.63, 3.8) is 0 Å². The summed E-state index contributed by atoms with van der Waals surface area (Å²) < 4.78 is 11.2. The number of aromatic hydroxyl groups is 1. The number of fused-ring (bicyclic) bond motifs is 1. The molecule has 138 valence electrons. The number of hydrogen-bond donors (Lipinski definition) is 1. The molecule has 0 saturated heterocycles. The third-order valence-electron chi connectivity index (χ3n) is 4.73. The molecule has 0 amide bonds. The van der Waals surface area contributed by atoms with Gasteiger partial charge < -0.3 is 14.6 Å². The summed E-state index contributed by atoms with van der Waals surface area (Å²) in [6.07, 6.45) is 3.54. The molecule has 27 heavy (non-hydrogen) atoms. The van der Waals surface area contributed by atoms with Crippen molar-refractivity contribution in [1.29, 1.82) is 0 Å². The first-order valence-electron chi connectivity index (χ1n) is 8.97. The predicted molar refractivity (Wildman–Crippen MR) is 104 cm³/mol. The molecule has 1 N–H and O–H groups in total. The SMILES string of the molecule is COc1cccc(CN2CCOc3c(O)cc(-c4cccnc4)cc3C2)c1. The van der Waals surface area contributed by atoms with Crippen LogP contribution in [0.15, 0.2) is 60.9 Å². The molecule has 0 radical (unpaired) electrons. The molecule has 0 spiro atoms. The molecule has 2 heterocycles. The standard InChI is InChI=1S/C22H22N2O3/c1-26-20-6-2-4-16(10-20)14-24-8-9-27-22-19(15-24)11-18(12-21(22)25)17-5-3-7-23-13-17/h2-7,10-13,25H,8-9,14-15H2,1H3. The molecule has 5 nitrogen and oxygen atoms in total. The zero-order chi connectivity index (χ0) is 18.6. The Morgan fingerprint density at radius 1 is 1.15 bits per heavy atom. The molecule has 2 aromatic carbocycles. The van der Waals surface area contributed by atoms with Gasteiger partial charge in [0.05, 0.1) is 7.11 Å². The summed E-state index contributed by atoms with van der Waals surface area (Å²) in [5.41, 5.74) is 4.07. The minimum Gasteiger partial charge on any atom is -0.504 e. The van der Waals surface area contributed by atoms with E-state index in [1.54, 1.807) is 25.6 Å². The summed E-state index contributed by atoms with van der Waals surface area (Å²) in [5.74, 6) is 1.61. The number of nitrogens with zero attached hydrogens (tertiary/aromatic N) is 2. The number of hydrogen-bond acceptors (Lipinski definition) is 5. The number of ether oxygens (including phenoxy) is 2. The minimum absolute atomic E-state index is 0.176. The highest BCUT2D eigenvalue weighted by molar-refractivity contribution is 5.68. The van der Waals surface area contributed by atoms with Crippen LogP contribution in [0.1, 0.15) is 11.1 Å². The van der Waals surface area contributed by atoms with Gasteiger partial charge in [0.25, 0.3) is 0 Å². The van der Waals surface area contributed by atoms with Crippen LogP contribution in [0.4, 0.5) is 0 Å². The van der Waals surface area contributed by atoms with Crippen LogP contribution in [0, 0.1) is 0 Å². The molecule has 0 bridgehead atoms. The van der Waals surface area contributed by atoms with E-state index < -0.39 is 0 Å². The van der Waals surface area contributed by atoms with Crippen molar-refractivity contribution in [3.8, 4) is 28.4 Å². The molecule has 0 fully saturated rings. The predicted octanol–water partition coefficient (Wildman–Crippen LogP) is 3.86. The van der Waals surface area contributed by atoms with Crippen molar-refractivity contribution in [1.82, 2.24) is 9.88 Å². The van der Waals surface area contributed by atoms with Gasteiger partial charge in [0.2, 0.25) is 0 Å². The Morgan fingerprint density at radius 3 is 2.89 bits per heavy atom. The lowest BCUT2D eigenvalue weighted by Crippen LogP contribution is -2.25. The summed E-state index contributed by atoms with van der Waals surface area (Å²) in [4.78, 5) is 6.49. The van der Waals surface area contributed by atoms with Gasteiger partial charge in [-0.1, -0.05) is 18.2 Å². The highest BCUT2D eigenvalue weighted by Gasteiger charge is 2.20. The molecule has 0 unspecified atom stereocenters. The molecule has 1 aromatic heterocycles. The quantitative estimate of drug-likeness (QED) is 0.764. The topological polar surface area (TPSA) is 54.8 Å². The van der Waals surface area contributed by atoms with Crippen molar-refractivity contribution in [3.05, 3.63) is 72.1 Å². The normalized spacial score (nSPS) is 14.1. The maximum atomic E-state index is 10.5. The highest BCUT2D eigenvalue weighted by atomic mass is 16.5. The van der Waals surface area contributed by atoms with Crippen LogP contribution >= 0.6 is 0 Å². The molecule has 0 aliphatic carbocycles. The number of methoxy groups -OCH3 is 1. The molecule has 0 saturated carbocycles. The van der Waals surface area contributed by atoms with Gasteiger partial charge in [-0.3, -0.25) is 9.88 Å². The van der Waals surface area contributed by atoms with Gasteiger partial charge in [0.1, 0.15) is 12.4 Å². The maximum Gasteiger partial charge on any atom is 0.165 e. The Bertz CT molecular complexity index is 928. The van der Waals surface area contributed by atoms with Crippen LogP contribution in [0.3, 0.4) is 0 Å². The van der Waals surface area contributed by atoms with E-state index in [4.69, 9.17) is 9.47 Å². The minimum atomic E-state index is 0.176. The van der Waals surface area contributed by atoms with Crippen LogP contribution in [-0.4, -0.2) is 35.3 Å². The lowest BCUT2D eigenvalue weighted by molar-refractivity contribution is 0.217. The van der Waals surface area contributed by atoms with Crippen molar-refractivity contribution < 1.29 is 14.6 Å². The van der Waals surface area contributed by atoms with E-state index >= 15 is 0 Å². The van der Waals surface area contributed by atoms with Gasteiger partial charge in [0, 0.05) is 43.2 Å². The van der Waals surface area contributed by atoms with Crippen molar-refractivity contribution in [2.24, 2.45) is 0 Å². The van der Waals surface area contributed by atoms with Crippen LogP contribution in [0.5, 0.6) is 17.2 Å². The number of rotatable bonds is 4. The van der Waals surface area contributed by atoms with Crippen molar-refractivity contribution >= 4 is 0 Å². The van der Waals surface area contributed by atoms with Crippen LogP contribution in [-0.2, 0) is 13.1 Å². The lowest BCUT2D eigenvalue weighted by atomic mass is 10.0. The Kier molecular flexibility index (Phi) is 4.94. The maximum absolute atomic E-state index is 10.5. The molecule has 4 rings (SSSR count). The lowest BCUT2D eigenvalue weighted by Gasteiger charge is -2.20. The summed E-state index contributed by atoms with van der Waals surface area (Å²) in [6, 6.07) is 15.8. The molecule has 3 aromatic rings. The average molecular weight is 362 g/mol. The third-order valence-corrected chi connectivity index (χ3v) is 4.73. The second-order valence-electron chi connectivity index (χ2n) is 6.64. The third kappa shape index (κ3) is 3.88. The van der Waals surface area contributed by atoms with Gasteiger partial charge >= 0.3 is 0 Å².